The van der Waals surface area contributed by atoms with E-state index in [1.807, 2.05) is 50.2 Å². The third-order valence-corrected chi connectivity index (χ3v) is 2.14. The van der Waals surface area contributed by atoms with E-state index in [2.05, 4.69) is 0 Å². The van der Waals surface area contributed by atoms with Crippen molar-refractivity contribution in [3.8, 4) is 0 Å². The van der Waals surface area contributed by atoms with Crippen LogP contribution in [0.15, 0.2) is 24.3 Å². The first-order chi connectivity index (χ1) is 6.15. The number of hydrogen-bond acceptors (Lipinski definition) is 2. The minimum Gasteiger partial charge on any atom is -0.378 e. The normalized spacial score (nSPS) is 12.2. The molecule has 0 saturated carbocycles. The van der Waals surface area contributed by atoms with Crippen LogP contribution >= 0.6 is 0 Å². The first-order valence-corrected chi connectivity index (χ1v) is 4.37. The summed E-state index contributed by atoms with van der Waals surface area (Å²) in [6.45, 7) is 1.90. The van der Waals surface area contributed by atoms with Gasteiger partial charge in [-0.15, -0.1) is 0 Å². The summed E-state index contributed by atoms with van der Waals surface area (Å²) >= 11 is 0. The van der Waals surface area contributed by atoms with Gasteiger partial charge in [-0.25, -0.2) is 0 Å². The number of anilines is 1. The molecule has 2 nitrogen and oxygen atoms in total. The van der Waals surface area contributed by atoms with Gasteiger partial charge in [-0.05, 0) is 17.7 Å². The predicted octanol–water partition coefficient (Wildman–Crippen LogP) is 2.05. The molecule has 0 saturated heterocycles. The lowest BCUT2D eigenvalue weighted by molar-refractivity contribution is -0.108. The van der Waals surface area contributed by atoms with Gasteiger partial charge in [0.15, 0.2) is 0 Å². The van der Waals surface area contributed by atoms with Gasteiger partial charge in [-0.1, -0.05) is 19.1 Å². The van der Waals surface area contributed by atoms with E-state index in [0.29, 0.717) is 0 Å². The molecular formula is C11H15NO. The number of rotatable bonds is 3. The molecule has 0 aliphatic carbocycles. The zero-order chi connectivity index (χ0) is 9.84. The van der Waals surface area contributed by atoms with Crippen LogP contribution < -0.4 is 4.90 Å². The lowest BCUT2D eigenvalue weighted by Crippen LogP contribution is -2.08. The summed E-state index contributed by atoms with van der Waals surface area (Å²) in [7, 11) is 4.00. The third kappa shape index (κ3) is 2.31. The van der Waals surface area contributed by atoms with Crippen LogP contribution in [0, 0.1) is 0 Å². The molecule has 1 rings (SSSR count). The molecule has 0 amide bonds. The topological polar surface area (TPSA) is 20.3 Å². The van der Waals surface area contributed by atoms with Gasteiger partial charge in [-0.3, -0.25) is 0 Å². The molecule has 1 atom stereocenters. The molecule has 0 radical (unpaired) electrons. The van der Waals surface area contributed by atoms with E-state index in [1.54, 1.807) is 0 Å². The highest BCUT2D eigenvalue weighted by Crippen LogP contribution is 2.17. The first-order valence-electron chi connectivity index (χ1n) is 4.37. The van der Waals surface area contributed by atoms with Gasteiger partial charge < -0.3 is 9.69 Å². The van der Waals surface area contributed by atoms with Crippen molar-refractivity contribution < 1.29 is 4.79 Å². The van der Waals surface area contributed by atoms with Gasteiger partial charge in [0.2, 0.25) is 0 Å². The lowest BCUT2D eigenvalue weighted by atomic mass is 10.0. The summed E-state index contributed by atoms with van der Waals surface area (Å²) in [6, 6.07) is 8.04. The van der Waals surface area contributed by atoms with Crippen molar-refractivity contribution in [1.82, 2.24) is 0 Å². The second-order valence-corrected chi connectivity index (χ2v) is 3.41. The van der Waals surface area contributed by atoms with E-state index in [9.17, 15) is 4.79 Å². The average molecular weight is 177 g/mol. The molecule has 0 aliphatic heterocycles. The predicted molar refractivity (Wildman–Crippen MR) is 55.2 cm³/mol. The molecule has 0 N–H and O–H groups in total. The van der Waals surface area contributed by atoms with E-state index in [4.69, 9.17) is 0 Å². The first kappa shape index (κ1) is 9.78. The van der Waals surface area contributed by atoms with E-state index >= 15 is 0 Å². The SMILES string of the molecule is CC(C=O)c1ccc(N(C)C)cc1. The molecule has 0 aromatic heterocycles. The Kier molecular flexibility index (Phi) is 3.07. The van der Waals surface area contributed by atoms with Crippen LogP contribution in [0.2, 0.25) is 0 Å². The Morgan fingerprint density at radius 2 is 1.77 bits per heavy atom. The van der Waals surface area contributed by atoms with Crippen LogP contribution in [0.1, 0.15) is 18.4 Å². The van der Waals surface area contributed by atoms with Crippen LogP contribution in [0.25, 0.3) is 0 Å². The van der Waals surface area contributed by atoms with Crippen LogP contribution in [-0.2, 0) is 4.79 Å². The Labute approximate surface area is 79.2 Å². The molecule has 0 fully saturated rings. The summed E-state index contributed by atoms with van der Waals surface area (Å²) < 4.78 is 0. The minimum absolute atomic E-state index is 0.00351. The number of hydrogen-bond donors (Lipinski definition) is 0. The van der Waals surface area contributed by atoms with Gasteiger partial charge in [-0.2, -0.15) is 0 Å². The lowest BCUT2D eigenvalue weighted by Gasteiger charge is -2.13. The Balaban J connectivity index is 2.87. The zero-order valence-electron chi connectivity index (χ0n) is 8.32. The molecule has 70 valence electrons. The summed E-state index contributed by atoms with van der Waals surface area (Å²) in [4.78, 5) is 12.6. The highest BCUT2D eigenvalue weighted by molar-refractivity contribution is 5.62. The fourth-order valence-corrected chi connectivity index (χ4v) is 1.15. The number of aldehydes is 1. The zero-order valence-corrected chi connectivity index (χ0v) is 8.32. The number of nitrogens with zero attached hydrogens (tertiary/aromatic N) is 1. The average Bonchev–Trinajstić information content (AvgIpc) is 2.17. The molecule has 0 heterocycles. The summed E-state index contributed by atoms with van der Waals surface area (Å²) in [5.41, 5.74) is 2.22. The van der Waals surface area contributed by atoms with E-state index in [1.165, 1.54) is 0 Å². The van der Waals surface area contributed by atoms with Gasteiger partial charge in [0, 0.05) is 25.7 Å². The van der Waals surface area contributed by atoms with Crippen molar-refractivity contribution in [3.63, 3.8) is 0 Å². The maximum Gasteiger partial charge on any atom is 0.127 e. The second kappa shape index (κ2) is 4.08. The Morgan fingerprint density at radius 1 is 1.23 bits per heavy atom. The smallest absolute Gasteiger partial charge is 0.127 e. The Hall–Kier alpha value is -1.31. The van der Waals surface area contributed by atoms with Gasteiger partial charge in [0.1, 0.15) is 6.29 Å². The summed E-state index contributed by atoms with van der Waals surface area (Å²) in [6.07, 6.45) is 0.963. The van der Waals surface area contributed by atoms with Crippen LogP contribution in [0.3, 0.4) is 0 Å². The Morgan fingerprint density at radius 3 is 2.15 bits per heavy atom. The Bertz CT molecular complexity index is 277. The monoisotopic (exact) mass is 177 g/mol. The third-order valence-electron chi connectivity index (χ3n) is 2.14. The van der Waals surface area contributed by atoms with Crippen LogP contribution in [0.5, 0.6) is 0 Å². The molecule has 2 heteroatoms. The highest BCUT2D eigenvalue weighted by atomic mass is 16.1. The molecule has 1 aromatic rings. The van der Waals surface area contributed by atoms with Crippen LogP contribution in [-0.4, -0.2) is 20.4 Å². The van der Waals surface area contributed by atoms with Gasteiger partial charge in [0.25, 0.3) is 0 Å². The van der Waals surface area contributed by atoms with Crippen LogP contribution in [0.4, 0.5) is 5.69 Å². The molecule has 1 aromatic carbocycles. The summed E-state index contributed by atoms with van der Waals surface area (Å²) in [5.74, 6) is -0.00351. The minimum atomic E-state index is -0.00351. The van der Waals surface area contributed by atoms with Crippen molar-refractivity contribution in [2.45, 2.75) is 12.8 Å². The van der Waals surface area contributed by atoms with Crippen molar-refractivity contribution in [2.75, 3.05) is 19.0 Å². The van der Waals surface area contributed by atoms with Crippen molar-refractivity contribution in [1.29, 1.82) is 0 Å². The number of benzene rings is 1. The van der Waals surface area contributed by atoms with Gasteiger partial charge >= 0.3 is 0 Å². The molecule has 1 unspecified atom stereocenters. The maximum atomic E-state index is 10.5. The van der Waals surface area contributed by atoms with Crippen molar-refractivity contribution >= 4 is 12.0 Å². The van der Waals surface area contributed by atoms with E-state index in [0.717, 1.165) is 17.5 Å². The standard InChI is InChI=1S/C11H15NO/c1-9(8-13)10-4-6-11(7-5-10)12(2)3/h4-9H,1-3H3. The maximum absolute atomic E-state index is 10.5. The van der Waals surface area contributed by atoms with Crippen molar-refractivity contribution in [3.05, 3.63) is 29.8 Å². The molecule has 0 bridgehead atoms. The fraction of sp³-hybridized carbons (Fsp3) is 0.364. The van der Waals surface area contributed by atoms with Crippen molar-refractivity contribution in [2.24, 2.45) is 0 Å². The number of carbonyl (C=O) groups is 1. The molecule has 13 heavy (non-hydrogen) atoms. The number of carbonyl (C=O) groups excluding carboxylic acids is 1. The molecule has 0 aliphatic rings. The second-order valence-electron chi connectivity index (χ2n) is 3.41. The molecule has 0 spiro atoms. The van der Waals surface area contributed by atoms with Gasteiger partial charge in [0.05, 0.1) is 0 Å². The molecular weight excluding hydrogens is 162 g/mol. The van der Waals surface area contributed by atoms with E-state index < -0.39 is 0 Å². The van der Waals surface area contributed by atoms with E-state index in [-0.39, 0.29) is 5.92 Å². The quantitative estimate of drug-likeness (QED) is 0.659. The summed E-state index contributed by atoms with van der Waals surface area (Å²) in [5, 5.41) is 0. The fourth-order valence-electron chi connectivity index (χ4n) is 1.15. The largest absolute Gasteiger partial charge is 0.378 e. The highest BCUT2D eigenvalue weighted by Gasteiger charge is 2.03.